The number of H-pyrrole nitrogens is 1. The molecule has 90 valence electrons. The number of likely N-dealkylation sites (tertiary alicyclic amines) is 1. The van der Waals surface area contributed by atoms with Crippen LogP contribution >= 0.6 is 11.3 Å². The van der Waals surface area contributed by atoms with E-state index in [2.05, 4.69) is 14.9 Å². The van der Waals surface area contributed by atoms with Gasteiger partial charge < -0.3 is 4.98 Å². The van der Waals surface area contributed by atoms with Gasteiger partial charge in [0.15, 0.2) is 0 Å². The second-order valence-electron chi connectivity index (χ2n) is 4.48. The van der Waals surface area contributed by atoms with Crippen molar-refractivity contribution in [1.82, 2.24) is 14.9 Å². The number of aromatic amines is 1. The molecule has 0 unspecified atom stereocenters. The van der Waals surface area contributed by atoms with Crippen LogP contribution in [-0.4, -0.2) is 28.0 Å². The predicted molar refractivity (Wildman–Crippen MR) is 69.4 cm³/mol. The van der Waals surface area contributed by atoms with E-state index in [0.29, 0.717) is 0 Å². The van der Waals surface area contributed by atoms with Gasteiger partial charge in [-0.1, -0.05) is 6.42 Å². The molecule has 0 atom stereocenters. The minimum absolute atomic E-state index is 0.00277. The summed E-state index contributed by atoms with van der Waals surface area (Å²) in [5, 5.41) is 1.91. The summed E-state index contributed by atoms with van der Waals surface area (Å²) in [5.41, 5.74) is 0.822. The van der Waals surface area contributed by atoms with Gasteiger partial charge in [0.2, 0.25) is 0 Å². The number of hydrogen-bond acceptors (Lipinski definition) is 4. The molecule has 0 bridgehead atoms. The van der Waals surface area contributed by atoms with E-state index in [4.69, 9.17) is 0 Å². The minimum Gasteiger partial charge on any atom is -0.308 e. The molecule has 2 aromatic rings. The largest absolute Gasteiger partial charge is 0.308 e. The fourth-order valence-electron chi connectivity index (χ4n) is 2.33. The summed E-state index contributed by atoms with van der Waals surface area (Å²) in [5.74, 6) is 0.794. The third-order valence-electron chi connectivity index (χ3n) is 3.19. The molecule has 1 saturated heterocycles. The molecule has 1 aliphatic rings. The van der Waals surface area contributed by atoms with Gasteiger partial charge in [-0.25, -0.2) is 4.98 Å². The molecule has 17 heavy (non-hydrogen) atoms. The highest BCUT2D eigenvalue weighted by atomic mass is 32.1. The van der Waals surface area contributed by atoms with Gasteiger partial charge in [0.05, 0.1) is 12.1 Å². The summed E-state index contributed by atoms with van der Waals surface area (Å²) < 4.78 is 0.729. The Hall–Kier alpha value is -1.20. The van der Waals surface area contributed by atoms with Gasteiger partial charge in [-0.2, -0.15) is 0 Å². The van der Waals surface area contributed by atoms with Crippen molar-refractivity contribution in [3.63, 3.8) is 0 Å². The fraction of sp³-hybridized carbons (Fsp3) is 0.500. The van der Waals surface area contributed by atoms with E-state index >= 15 is 0 Å². The summed E-state index contributed by atoms with van der Waals surface area (Å²) in [4.78, 5) is 21.5. The smallest absolute Gasteiger partial charge is 0.268 e. The second kappa shape index (κ2) is 4.58. The fourth-order valence-corrected chi connectivity index (χ4v) is 3.05. The van der Waals surface area contributed by atoms with Crippen LogP contribution in [0.5, 0.6) is 0 Å². The molecule has 1 fully saturated rings. The SMILES string of the molecule is O=c1[nH]c(CN2CCCCC2)nc2ccsc12. The molecule has 4 nitrogen and oxygen atoms in total. The predicted octanol–water partition coefficient (Wildman–Crippen LogP) is 1.97. The highest BCUT2D eigenvalue weighted by Gasteiger charge is 2.12. The molecule has 0 aromatic carbocycles. The van der Waals surface area contributed by atoms with Crippen LogP contribution in [0.4, 0.5) is 0 Å². The van der Waals surface area contributed by atoms with Gasteiger partial charge in [0.1, 0.15) is 10.5 Å². The van der Waals surface area contributed by atoms with E-state index in [0.717, 1.165) is 35.7 Å². The van der Waals surface area contributed by atoms with Crippen molar-refractivity contribution in [2.75, 3.05) is 13.1 Å². The van der Waals surface area contributed by atoms with E-state index in [9.17, 15) is 4.79 Å². The first kappa shape index (κ1) is 10.9. The number of nitrogens with zero attached hydrogens (tertiary/aromatic N) is 2. The first-order valence-corrected chi connectivity index (χ1v) is 6.90. The van der Waals surface area contributed by atoms with E-state index in [1.807, 2.05) is 11.4 Å². The molecule has 1 aliphatic heterocycles. The van der Waals surface area contributed by atoms with Crippen LogP contribution in [0.1, 0.15) is 25.1 Å². The highest BCUT2D eigenvalue weighted by molar-refractivity contribution is 7.17. The number of rotatable bonds is 2. The Morgan fingerprint density at radius 3 is 3.00 bits per heavy atom. The lowest BCUT2D eigenvalue weighted by atomic mass is 10.1. The van der Waals surface area contributed by atoms with Crippen molar-refractivity contribution < 1.29 is 0 Å². The van der Waals surface area contributed by atoms with Crippen molar-refractivity contribution in [3.8, 4) is 0 Å². The van der Waals surface area contributed by atoms with E-state index in [1.165, 1.54) is 30.6 Å². The van der Waals surface area contributed by atoms with Gasteiger partial charge in [-0.15, -0.1) is 11.3 Å². The Labute approximate surface area is 103 Å². The maximum Gasteiger partial charge on any atom is 0.268 e. The van der Waals surface area contributed by atoms with Crippen molar-refractivity contribution in [2.45, 2.75) is 25.8 Å². The molecule has 0 spiro atoms. The highest BCUT2D eigenvalue weighted by Crippen LogP contribution is 2.15. The van der Waals surface area contributed by atoms with Crippen LogP contribution in [0, 0.1) is 0 Å². The van der Waals surface area contributed by atoms with Crippen molar-refractivity contribution >= 4 is 21.6 Å². The quantitative estimate of drug-likeness (QED) is 0.885. The number of fused-ring (bicyclic) bond motifs is 1. The summed E-state index contributed by atoms with van der Waals surface area (Å²) in [7, 11) is 0. The summed E-state index contributed by atoms with van der Waals surface area (Å²) >= 11 is 1.45. The molecule has 3 rings (SSSR count). The standard InChI is InChI=1S/C12H15N3OS/c16-12-11-9(4-7-17-11)13-10(14-12)8-15-5-2-1-3-6-15/h4,7H,1-3,5-6,8H2,(H,13,14,16). The molecule has 0 radical (unpaired) electrons. The molecule has 2 aromatic heterocycles. The van der Waals surface area contributed by atoms with Crippen LogP contribution < -0.4 is 5.56 Å². The maximum absolute atomic E-state index is 11.8. The molecule has 0 saturated carbocycles. The number of nitrogens with one attached hydrogen (secondary N) is 1. The number of aromatic nitrogens is 2. The summed E-state index contributed by atoms with van der Waals surface area (Å²) in [6.45, 7) is 3.00. The zero-order chi connectivity index (χ0) is 11.7. The third kappa shape index (κ3) is 2.25. The van der Waals surface area contributed by atoms with Crippen LogP contribution in [-0.2, 0) is 6.54 Å². The summed E-state index contributed by atoms with van der Waals surface area (Å²) in [6.07, 6.45) is 3.83. The van der Waals surface area contributed by atoms with Crippen LogP contribution in [0.25, 0.3) is 10.2 Å². The zero-order valence-corrected chi connectivity index (χ0v) is 10.4. The van der Waals surface area contributed by atoms with Crippen molar-refractivity contribution in [1.29, 1.82) is 0 Å². The number of piperidine rings is 1. The average Bonchev–Trinajstić information content (AvgIpc) is 2.79. The molecular formula is C12H15N3OS. The molecule has 0 aliphatic carbocycles. The molecule has 0 amide bonds. The normalized spacial score (nSPS) is 17.6. The van der Waals surface area contributed by atoms with Gasteiger partial charge in [0.25, 0.3) is 5.56 Å². The Morgan fingerprint density at radius 1 is 1.35 bits per heavy atom. The maximum atomic E-state index is 11.8. The van der Waals surface area contributed by atoms with Crippen LogP contribution in [0.15, 0.2) is 16.2 Å². The molecule has 1 N–H and O–H groups in total. The zero-order valence-electron chi connectivity index (χ0n) is 9.61. The summed E-state index contributed by atoms with van der Waals surface area (Å²) in [6, 6.07) is 1.91. The van der Waals surface area contributed by atoms with E-state index in [1.54, 1.807) is 0 Å². The van der Waals surface area contributed by atoms with Gasteiger partial charge in [-0.05, 0) is 37.4 Å². The monoisotopic (exact) mass is 249 g/mol. The van der Waals surface area contributed by atoms with Crippen LogP contribution in [0.3, 0.4) is 0 Å². The van der Waals surface area contributed by atoms with E-state index < -0.39 is 0 Å². The Bertz CT molecular complexity index is 568. The Kier molecular flexibility index (Phi) is 2.94. The lowest BCUT2D eigenvalue weighted by Crippen LogP contribution is -2.30. The lowest BCUT2D eigenvalue weighted by molar-refractivity contribution is 0.216. The van der Waals surface area contributed by atoms with Gasteiger partial charge >= 0.3 is 0 Å². The van der Waals surface area contributed by atoms with Crippen molar-refractivity contribution in [3.05, 3.63) is 27.6 Å². The molecule has 3 heterocycles. The molecular weight excluding hydrogens is 234 g/mol. The van der Waals surface area contributed by atoms with Gasteiger partial charge in [0, 0.05) is 0 Å². The molecule has 5 heteroatoms. The second-order valence-corrected chi connectivity index (χ2v) is 5.40. The van der Waals surface area contributed by atoms with Gasteiger partial charge in [-0.3, -0.25) is 9.69 Å². The Balaban J connectivity index is 1.87. The third-order valence-corrected chi connectivity index (χ3v) is 4.09. The number of hydrogen-bond donors (Lipinski definition) is 1. The van der Waals surface area contributed by atoms with Crippen molar-refractivity contribution in [2.24, 2.45) is 0 Å². The first-order chi connectivity index (χ1) is 8.33. The topological polar surface area (TPSA) is 49.0 Å². The van der Waals surface area contributed by atoms with Crippen LogP contribution in [0.2, 0.25) is 0 Å². The average molecular weight is 249 g/mol. The Morgan fingerprint density at radius 2 is 2.18 bits per heavy atom. The minimum atomic E-state index is -0.00277. The number of thiophene rings is 1. The lowest BCUT2D eigenvalue weighted by Gasteiger charge is -2.25. The first-order valence-electron chi connectivity index (χ1n) is 6.02. The van der Waals surface area contributed by atoms with E-state index in [-0.39, 0.29) is 5.56 Å².